The summed E-state index contributed by atoms with van der Waals surface area (Å²) >= 11 is 0. The molecule has 160 valence electrons. The van der Waals surface area contributed by atoms with Gasteiger partial charge in [0, 0.05) is 36.0 Å². The number of aromatic nitrogens is 2. The van der Waals surface area contributed by atoms with E-state index in [2.05, 4.69) is 15.6 Å². The number of amides is 1. The number of hydrogen-bond acceptors (Lipinski definition) is 6. The van der Waals surface area contributed by atoms with E-state index in [0.717, 1.165) is 24.1 Å². The van der Waals surface area contributed by atoms with Gasteiger partial charge in [0.1, 0.15) is 5.82 Å². The molecule has 4 rings (SSSR count). The van der Waals surface area contributed by atoms with E-state index in [1.54, 1.807) is 0 Å². The van der Waals surface area contributed by atoms with Crippen molar-refractivity contribution in [2.45, 2.75) is 70.8 Å². The SMILES string of the molecule is CC1(C)Cc2c(nc(NC3CCN(S(C)(=O)=O)CC3)nc2C2CCCC2)NC1=O. The maximum Gasteiger partial charge on any atom is 0.231 e. The molecule has 0 atom stereocenters. The summed E-state index contributed by atoms with van der Waals surface area (Å²) in [4.78, 5) is 22.0. The molecule has 2 N–H and O–H groups in total. The van der Waals surface area contributed by atoms with E-state index < -0.39 is 15.4 Å². The second-order valence-corrected chi connectivity index (χ2v) is 11.3. The second-order valence-electron chi connectivity index (χ2n) is 9.34. The molecule has 1 saturated carbocycles. The maximum absolute atomic E-state index is 12.5. The van der Waals surface area contributed by atoms with Gasteiger partial charge in [-0.15, -0.1) is 0 Å². The first-order valence-corrected chi connectivity index (χ1v) is 12.4. The van der Waals surface area contributed by atoms with Gasteiger partial charge >= 0.3 is 0 Å². The zero-order valence-corrected chi connectivity index (χ0v) is 18.3. The van der Waals surface area contributed by atoms with Gasteiger partial charge in [0.25, 0.3) is 0 Å². The molecular weight excluding hydrogens is 390 g/mol. The first kappa shape index (κ1) is 20.5. The smallest absolute Gasteiger partial charge is 0.231 e. The molecule has 0 bridgehead atoms. The number of fused-ring (bicyclic) bond motifs is 1. The van der Waals surface area contributed by atoms with Gasteiger partial charge in [-0.2, -0.15) is 4.98 Å². The number of rotatable bonds is 4. The van der Waals surface area contributed by atoms with E-state index >= 15 is 0 Å². The monoisotopic (exact) mass is 421 g/mol. The number of nitrogens with one attached hydrogen (secondary N) is 2. The molecule has 3 aliphatic rings. The topological polar surface area (TPSA) is 104 Å². The highest BCUT2D eigenvalue weighted by Gasteiger charge is 2.38. The van der Waals surface area contributed by atoms with Gasteiger partial charge in [-0.25, -0.2) is 17.7 Å². The minimum atomic E-state index is -3.14. The Labute approximate surface area is 172 Å². The highest BCUT2D eigenvalue weighted by atomic mass is 32.2. The molecule has 2 aliphatic heterocycles. The van der Waals surface area contributed by atoms with Crippen LogP contribution in [0.4, 0.5) is 11.8 Å². The third-order valence-corrected chi connectivity index (χ3v) is 7.81. The lowest BCUT2D eigenvalue weighted by Gasteiger charge is -2.33. The standard InChI is InChI=1S/C20H31N5O3S/c1-20(2)12-15-16(13-6-4-5-7-13)22-19(24-17(15)23-18(20)26)21-14-8-10-25(11-9-14)29(3,27)28/h13-14H,4-12H2,1-3H3,(H2,21,22,23,24,26). The Kier molecular flexibility index (Phi) is 5.31. The number of hydrogen-bond donors (Lipinski definition) is 2. The molecule has 0 aromatic carbocycles. The lowest BCUT2D eigenvalue weighted by atomic mass is 9.80. The molecule has 1 amide bonds. The zero-order valence-electron chi connectivity index (χ0n) is 17.5. The van der Waals surface area contributed by atoms with Crippen LogP contribution in [0.1, 0.15) is 69.5 Å². The number of nitrogens with zero attached hydrogens (tertiary/aromatic N) is 3. The summed E-state index contributed by atoms with van der Waals surface area (Å²) in [6, 6.07) is 0.123. The van der Waals surface area contributed by atoms with Gasteiger partial charge in [0.05, 0.1) is 11.9 Å². The van der Waals surface area contributed by atoms with Gasteiger partial charge in [0.2, 0.25) is 21.9 Å². The summed E-state index contributed by atoms with van der Waals surface area (Å²) in [5.74, 6) is 1.60. The summed E-state index contributed by atoms with van der Waals surface area (Å²) in [5, 5.41) is 6.41. The predicted octanol–water partition coefficient (Wildman–Crippen LogP) is 2.49. The Morgan fingerprint density at radius 2 is 1.76 bits per heavy atom. The number of carbonyl (C=O) groups is 1. The van der Waals surface area contributed by atoms with Crippen LogP contribution in [0.2, 0.25) is 0 Å². The number of sulfonamides is 1. The van der Waals surface area contributed by atoms with Crippen molar-refractivity contribution in [3.63, 3.8) is 0 Å². The molecule has 1 aliphatic carbocycles. The van der Waals surface area contributed by atoms with Gasteiger partial charge in [-0.1, -0.05) is 26.7 Å². The quantitative estimate of drug-likeness (QED) is 0.774. The van der Waals surface area contributed by atoms with Crippen molar-refractivity contribution in [2.24, 2.45) is 5.41 Å². The fourth-order valence-electron chi connectivity index (χ4n) is 4.69. The van der Waals surface area contributed by atoms with Gasteiger partial charge in [-0.05, 0) is 32.1 Å². The number of carbonyl (C=O) groups excluding carboxylic acids is 1. The summed E-state index contributed by atoms with van der Waals surface area (Å²) in [5.41, 5.74) is 1.70. The summed E-state index contributed by atoms with van der Waals surface area (Å²) in [6.07, 6.45) is 8.03. The minimum Gasteiger partial charge on any atom is -0.351 e. The zero-order chi connectivity index (χ0) is 20.8. The van der Waals surface area contributed by atoms with E-state index in [1.807, 2.05) is 13.8 Å². The molecule has 1 aromatic rings. The van der Waals surface area contributed by atoms with E-state index in [0.29, 0.717) is 50.0 Å². The van der Waals surface area contributed by atoms with Gasteiger partial charge in [-0.3, -0.25) is 4.79 Å². The van der Waals surface area contributed by atoms with Crippen LogP contribution in [-0.2, 0) is 21.2 Å². The van der Waals surface area contributed by atoms with E-state index in [4.69, 9.17) is 4.98 Å². The molecule has 8 nitrogen and oxygen atoms in total. The summed E-state index contributed by atoms with van der Waals surface area (Å²) in [6.45, 7) is 4.93. The van der Waals surface area contributed by atoms with Crippen LogP contribution < -0.4 is 10.6 Å². The largest absolute Gasteiger partial charge is 0.351 e. The van der Waals surface area contributed by atoms with Crippen molar-refractivity contribution in [1.82, 2.24) is 14.3 Å². The Morgan fingerprint density at radius 1 is 1.10 bits per heavy atom. The van der Waals surface area contributed by atoms with Crippen molar-refractivity contribution in [3.8, 4) is 0 Å². The molecular formula is C20H31N5O3S. The molecule has 3 heterocycles. The first-order valence-electron chi connectivity index (χ1n) is 10.6. The third-order valence-electron chi connectivity index (χ3n) is 6.50. The average Bonchev–Trinajstić information content (AvgIpc) is 3.17. The molecule has 0 spiro atoms. The molecule has 1 aromatic heterocycles. The molecule has 1 saturated heterocycles. The van der Waals surface area contributed by atoms with Gasteiger partial charge < -0.3 is 10.6 Å². The second kappa shape index (κ2) is 7.50. The Balaban J connectivity index is 1.58. The van der Waals surface area contributed by atoms with E-state index in [1.165, 1.54) is 23.4 Å². The van der Waals surface area contributed by atoms with Crippen LogP contribution in [0.5, 0.6) is 0 Å². The van der Waals surface area contributed by atoms with Crippen LogP contribution >= 0.6 is 0 Å². The Bertz CT molecular complexity index is 901. The lowest BCUT2D eigenvalue weighted by molar-refractivity contribution is -0.124. The van der Waals surface area contributed by atoms with Crippen molar-refractivity contribution in [2.75, 3.05) is 30.0 Å². The molecule has 0 radical (unpaired) electrons. The van der Waals surface area contributed by atoms with E-state index in [9.17, 15) is 13.2 Å². The fraction of sp³-hybridized carbons (Fsp3) is 0.750. The molecule has 2 fully saturated rings. The number of piperidine rings is 1. The predicted molar refractivity (Wildman–Crippen MR) is 112 cm³/mol. The highest BCUT2D eigenvalue weighted by Crippen LogP contribution is 2.41. The summed E-state index contributed by atoms with van der Waals surface area (Å²) in [7, 11) is -3.14. The molecule has 0 unspecified atom stereocenters. The third kappa shape index (κ3) is 4.26. The normalized spacial score (nSPS) is 23.6. The Morgan fingerprint density at radius 3 is 2.38 bits per heavy atom. The van der Waals surface area contributed by atoms with E-state index in [-0.39, 0.29) is 11.9 Å². The lowest BCUT2D eigenvalue weighted by Crippen LogP contribution is -2.42. The molecule has 9 heteroatoms. The average molecular weight is 422 g/mol. The number of anilines is 2. The minimum absolute atomic E-state index is 0.00603. The summed E-state index contributed by atoms with van der Waals surface area (Å²) < 4.78 is 25.0. The Hall–Kier alpha value is -1.74. The van der Waals surface area contributed by atoms with Crippen molar-refractivity contribution >= 4 is 27.7 Å². The molecule has 29 heavy (non-hydrogen) atoms. The fourth-order valence-corrected chi connectivity index (χ4v) is 5.57. The maximum atomic E-state index is 12.5. The van der Waals surface area contributed by atoms with Crippen LogP contribution in [0.3, 0.4) is 0 Å². The highest BCUT2D eigenvalue weighted by molar-refractivity contribution is 7.88. The van der Waals surface area contributed by atoms with Crippen LogP contribution in [0.25, 0.3) is 0 Å². The van der Waals surface area contributed by atoms with Crippen LogP contribution in [-0.4, -0.2) is 54.0 Å². The van der Waals surface area contributed by atoms with Crippen molar-refractivity contribution in [3.05, 3.63) is 11.3 Å². The van der Waals surface area contributed by atoms with Crippen molar-refractivity contribution < 1.29 is 13.2 Å². The van der Waals surface area contributed by atoms with Crippen LogP contribution in [0, 0.1) is 5.41 Å². The van der Waals surface area contributed by atoms with Crippen molar-refractivity contribution in [1.29, 1.82) is 0 Å². The van der Waals surface area contributed by atoms with Crippen LogP contribution in [0.15, 0.2) is 0 Å². The first-order chi connectivity index (χ1) is 13.6. The van der Waals surface area contributed by atoms with Gasteiger partial charge in [0.15, 0.2) is 0 Å².